The van der Waals surface area contributed by atoms with Crippen LogP contribution in [0.5, 0.6) is 0 Å². The molecule has 0 aliphatic heterocycles. The van der Waals surface area contributed by atoms with E-state index in [1.807, 2.05) is 13.8 Å². The molecule has 0 atom stereocenters. The normalized spacial score (nSPS) is 11.8. The zero-order valence-corrected chi connectivity index (χ0v) is 10.8. The van der Waals surface area contributed by atoms with Crippen LogP contribution in [0.25, 0.3) is 0 Å². The molecule has 1 rings (SSSR count). The molecule has 0 aliphatic rings. The molecule has 0 fully saturated rings. The molecule has 0 aliphatic carbocycles. The van der Waals surface area contributed by atoms with Crippen molar-refractivity contribution in [2.45, 2.75) is 37.6 Å². The van der Waals surface area contributed by atoms with Crippen LogP contribution in [0, 0.1) is 0 Å². The molecule has 1 aromatic heterocycles. The molecule has 0 bridgehead atoms. The topological polar surface area (TPSA) is 97.1 Å². The first-order valence-electron chi connectivity index (χ1n) is 5.49. The third-order valence-electron chi connectivity index (χ3n) is 2.50. The van der Waals surface area contributed by atoms with Crippen molar-refractivity contribution in [2.75, 3.05) is 5.43 Å². The smallest absolute Gasteiger partial charge is 0.244 e. The van der Waals surface area contributed by atoms with Gasteiger partial charge in [0.2, 0.25) is 10.0 Å². The van der Waals surface area contributed by atoms with Crippen molar-refractivity contribution in [3.05, 3.63) is 18.3 Å². The average Bonchev–Trinajstić information content (AvgIpc) is 2.35. The molecular weight excluding hydrogens is 240 g/mol. The number of hydrogen-bond acceptors (Lipinski definition) is 5. The number of aromatic nitrogens is 1. The van der Waals surface area contributed by atoms with Gasteiger partial charge in [-0.3, -0.25) is 0 Å². The van der Waals surface area contributed by atoms with Crippen molar-refractivity contribution in [2.24, 2.45) is 5.84 Å². The maximum absolute atomic E-state index is 12.1. The van der Waals surface area contributed by atoms with E-state index in [0.29, 0.717) is 0 Å². The standard InChI is InChI=1S/C10H18N4O2S/c1-3-8(4-2)14-17(15,16)9-6-5-7-12-10(9)13-11/h5-8,14H,3-4,11H2,1-2H3,(H,12,13). The third-order valence-corrected chi connectivity index (χ3v) is 4.06. The average molecular weight is 258 g/mol. The Balaban J connectivity index is 3.04. The van der Waals surface area contributed by atoms with E-state index in [0.717, 1.165) is 12.8 Å². The van der Waals surface area contributed by atoms with Crippen molar-refractivity contribution < 1.29 is 8.42 Å². The van der Waals surface area contributed by atoms with E-state index >= 15 is 0 Å². The van der Waals surface area contributed by atoms with Gasteiger partial charge >= 0.3 is 0 Å². The zero-order chi connectivity index (χ0) is 12.9. The van der Waals surface area contributed by atoms with Gasteiger partial charge in [0.1, 0.15) is 4.90 Å². The second-order valence-electron chi connectivity index (χ2n) is 3.63. The summed E-state index contributed by atoms with van der Waals surface area (Å²) in [6.45, 7) is 3.87. The maximum Gasteiger partial charge on any atom is 0.244 e. The molecule has 96 valence electrons. The van der Waals surface area contributed by atoms with Crippen LogP contribution in [-0.4, -0.2) is 19.4 Å². The molecule has 4 N–H and O–H groups in total. The van der Waals surface area contributed by atoms with Gasteiger partial charge in [0, 0.05) is 12.2 Å². The first-order valence-corrected chi connectivity index (χ1v) is 6.97. The molecular formula is C10H18N4O2S. The van der Waals surface area contributed by atoms with Crippen LogP contribution in [-0.2, 0) is 10.0 Å². The number of nitrogens with zero attached hydrogens (tertiary/aromatic N) is 1. The molecule has 0 unspecified atom stereocenters. The van der Waals surface area contributed by atoms with Gasteiger partial charge in [-0.1, -0.05) is 13.8 Å². The number of sulfonamides is 1. The second-order valence-corrected chi connectivity index (χ2v) is 5.31. The lowest BCUT2D eigenvalue weighted by molar-refractivity contribution is 0.530. The minimum Gasteiger partial charge on any atom is -0.307 e. The lowest BCUT2D eigenvalue weighted by atomic mass is 10.2. The van der Waals surface area contributed by atoms with E-state index in [9.17, 15) is 8.42 Å². The number of nitrogen functional groups attached to an aromatic ring is 1. The fourth-order valence-electron chi connectivity index (χ4n) is 1.45. The van der Waals surface area contributed by atoms with Crippen LogP contribution >= 0.6 is 0 Å². The van der Waals surface area contributed by atoms with Crippen molar-refractivity contribution in [1.29, 1.82) is 0 Å². The molecule has 1 heterocycles. The molecule has 0 radical (unpaired) electrons. The number of anilines is 1. The van der Waals surface area contributed by atoms with Gasteiger partial charge in [0.15, 0.2) is 5.82 Å². The number of rotatable bonds is 6. The summed E-state index contributed by atoms with van der Waals surface area (Å²) < 4.78 is 26.8. The van der Waals surface area contributed by atoms with Gasteiger partial charge in [0.25, 0.3) is 0 Å². The van der Waals surface area contributed by atoms with Crippen LogP contribution < -0.4 is 16.0 Å². The van der Waals surface area contributed by atoms with Crippen molar-refractivity contribution in [1.82, 2.24) is 9.71 Å². The Labute approximate surface area is 102 Å². The molecule has 7 heteroatoms. The first-order chi connectivity index (χ1) is 8.05. The predicted octanol–water partition coefficient (Wildman–Crippen LogP) is 0.834. The van der Waals surface area contributed by atoms with Crippen LogP contribution in [0.15, 0.2) is 23.2 Å². The highest BCUT2D eigenvalue weighted by atomic mass is 32.2. The Morgan fingerprint density at radius 1 is 1.41 bits per heavy atom. The van der Waals surface area contributed by atoms with E-state index < -0.39 is 10.0 Å². The van der Waals surface area contributed by atoms with Crippen molar-refractivity contribution >= 4 is 15.8 Å². The largest absolute Gasteiger partial charge is 0.307 e. The summed E-state index contributed by atoms with van der Waals surface area (Å²) in [4.78, 5) is 3.93. The molecule has 1 aromatic rings. The van der Waals surface area contributed by atoms with Gasteiger partial charge in [-0.2, -0.15) is 0 Å². The highest BCUT2D eigenvalue weighted by Crippen LogP contribution is 2.17. The van der Waals surface area contributed by atoms with Crippen LogP contribution in [0.4, 0.5) is 5.82 Å². The second kappa shape index (κ2) is 5.95. The van der Waals surface area contributed by atoms with E-state index in [4.69, 9.17) is 5.84 Å². The monoisotopic (exact) mass is 258 g/mol. The molecule has 17 heavy (non-hydrogen) atoms. The Morgan fingerprint density at radius 2 is 2.06 bits per heavy atom. The summed E-state index contributed by atoms with van der Waals surface area (Å²) in [6.07, 6.45) is 2.95. The molecule has 0 spiro atoms. The number of hydrazine groups is 1. The summed E-state index contributed by atoms with van der Waals surface area (Å²) in [5.74, 6) is 5.38. The number of nitrogens with two attached hydrogens (primary N) is 1. The molecule has 0 amide bonds. The molecule has 0 saturated carbocycles. The van der Waals surface area contributed by atoms with E-state index in [1.54, 1.807) is 6.07 Å². The Morgan fingerprint density at radius 3 is 2.59 bits per heavy atom. The van der Waals surface area contributed by atoms with Gasteiger partial charge in [0.05, 0.1) is 0 Å². The Hall–Kier alpha value is -1.18. The van der Waals surface area contributed by atoms with Gasteiger partial charge in [-0.05, 0) is 25.0 Å². The van der Waals surface area contributed by atoms with Crippen LogP contribution in [0.3, 0.4) is 0 Å². The van der Waals surface area contributed by atoms with Crippen LogP contribution in [0.1, 0.15) is 26.7 Å². The highest BCUT2D eigenvalue weighted by molar-refractivity contribution is 7.89. The maximum atomic E-state index is 12.1. The van der Waals surface area contributed by atoms with Gasteiger partial charge in [-0.15, -0.1) is 0 Å². The van der Waals surface area contributed by atoms with Crippen molar-refractivity contribution in [3.8, 4) is 0 Å². The third kappa shape index (κ3) is 3.39. The summed E-state index contributed by atoms with van der Waals surface area (Å²) >= 11 is 0. The van der Waals surface area contributed by atoms with Gasteiger partial charge < -0.3 is 5.43 Å². The Bertz CT molecular complexity index is 457. The van der Waals surface area contributed by atoms with E-state index in [-0.39, 0.29) is 16.8 Å². The number of pyridine rings is 1. The zero-order valence-electron chi connectivity index (χ0n) is 9.97. The Kier molecular flexibility index (Phi) is 4.86. The minimum atomic E-state index is -3.58. The summed E-state index contributed by atoms with van der Waals surface area (Å²) in [5, 5.41) is 0. The summed E-state index contributed by atoms with van der Waals surface area (Å²) in [6, 6.07) is 2.95. The quantitative estimate of drug-likeness (QED) is 0.519. The fraction of sp³-hybridized carbons (Fsp3) is 0.500. The minimum absolute atomic E-state index is 0.0643. The van der Waals surface area contributed by atoms with E-state index in [2.05, 4.69) is 15.1 Å². The number of nitrogens with one attached hydrogen (secondary N) is 2. The van der Waals surface area contributed by atoms with Gasteiger partial charge in [-0.25, -0.2) is 24.0 Å². The molecule has 0 aromatic carbocycles. The van der Waals surface area contributed by atoms with Crippen molar-refractivity contribution in [3.63, 3.8) is 0 Å². The predicted molar refractivity (Wildman–Crippen MR) is 66.7 cm³/mol. The fourth-order valence-corrected chi connectivity index (χ4v) is 2.98. The highest BCUT2D eigenvalue weighted by Gasteiger charge is 2.21. The molecule has 0 saturated heterocycles. The molecule has 6 nitrogen and oxygen atoms in total. The number of hydrogen-bond donors (Lipinski definition) is 3. The van der Waals surface area contributed by atoms with E-state index in [1.165, 1.54) is 12.3 Å². The summed E-state index contributed by atoms with van der Waals surface area (Å²) in [5.41, 5.74) is 2.28. The first kappa shape index (κ1) is 13.9. The van der Waals surface area contributed by atoms with Crippen LogP contribution in [0.2, 0.25) is 0 Å². The lowest BCUT2D eigenvalue weighted by Crippen LogP contribution is -2.34. The SMILES string of the molecule is CCC(CC)NS(=O)(=O)c1cccnc1NN. The summed E-state index contributed by atoms with van der Waals surface area (Å²) in [7, 11) is -3.58. The lowest BCUT2D eigenvalue weighted by Gasteiger charge is -2.16.